The van der Waals surface area contributed by atoms with Gasteiger partial charge in [-0.2, -0.15) is 0 Å². The van der Waals surface area contributed by atoms with Crippen LogP contribution < -0.4 is 9.80 Å². The molecule has 5 heteroatoms. The smallest absolute Gasteiger partial charge is 0.300 e. The van der Waals surface area contributed by atoms with Gasteiger partial charge in [0.15, 0.2) is 0 Å². The summed E-state index contributed by atoms with van der Waals surface area (Å²) in [6, 6.07) is 22.3. The standard InChI is InChI=1S/C30H30N2O3/c1-20-11-12-21(2)25(19-20)28(33)26-27(22-9-5-3-6-10-22)32(30(35)29(26)34)24-15-13-23(14-16-24)31-17-7-4-8-18-31/h3,5-6,9-16,19,27,33H,4,7-8,17-18H2,1-2H3/b28-26+. The number of amides is 1. The number of aryl methyl sites for hydroxylation is 2. The van der Waals surface area contributed by atoms with Crippen LogP contribution in [0, 0.1) is 13.8 Å². The number of nitrogens with zero attached hydrogens (tertiary/aromatic N) is 2. The quantitative estimate of drug-likeness (QED) is 0.295. The van der Waals surface area contributed by atoms with Gasteiger partial charge in [0.1, 0.15) is 5.76 Å². The van der Waals surface area contributed by atoms with Crippen LogP contribution in [0.2, 0.25) is 0 Å². The molecule has 0 spiro atoms. The highest BCUT2D eigenvalue weighted by atomic mass is 16.3. The summed E-state index contributed by atoms with van der Waals surface area (Å²) in [6.45, 7) is 5.89. The Bertz CT molecular complexity index is 1290. The fourth-order valence-electron chi connectivity index (χ4n) is 5.16. The van der Waals surface area contributed by atoms with Crippen molar-refractivity contribution >= 4 is 28.8 Å². The first-order valence-electron chi connectivity index (χ1n) is 12.2. The van der Waals surface area contributed by atoms with Gasteiger partial charge in [-0.1, -0.05) is 48.0 Å². The lowest BCUT2D eigenvalue weighted by Crippen LogP contribution is -2.30. The Morgan fingerprint density at radius 1 is 0.829 bits per heavy atom. The molecule has 1 N–H and O–H groups in total. The highest BCUT2D eigenvalue weighted by Gasteiger charge is 2.47. The van der Waals surface area contributed by atoms with Crippen LogP contribution in [0.3, 0.4) is 0 Å². The van der Waals surface area contributed by atoms with E-state index in [4.69, 9.17) is 0 Å². The van der Waals surface area contributed by atoms with E-state index in [9.17, 15) is 14.7 Å². The number of hydrogen-bond acceptors (Lipinski definition) is 4. The number of aliphatic hydroxyl groups excluding tert-OH is 1. The summed E-state index contributed by atoms with van der Waals surface area (Å²) in [4.78, 5) is 30.7. The second-order valence-electron chi connectivity index (χ2n) is 9.46. The molecule has 0 aliphatic carbocycles. The molecule has 0 bridgehead atoms. The number of anilines is 2. The van der Waals surface area contributed by atoms with E-state index in [1.54, 1.807) is 0 Å². The van der Waals surface area contributed by atoms with Gasteiger partial charge in [-0.15, -0.1) is 0 Å². The van der Waals surface area contributed by atoms with Crippen LogP contribution >= 0.6 is 0 Å². The van der Waals surface area contributed by atoms with Crippen molar-refractivity contribution < 1.29 is 14.7 Å². The molecule has 2 heterocycles. The van der Waals surface area contributed by atoms with Gasteiger partial charge in [0.05, 0.1) is 11.6 Å². The van der Waals surface area contributed by atoms with Crippen LogP contribution in [0.25, 0.3) is 5.76 Å². The predicted octanol–water partition coefficient (Wildman–Crippen LogP) is 5.92. The lowest BCUT2D eigenvalue weighted by atomic mass is 9.93. The van der Waals surface area contributed by atoms with Gasteiger partial charge >= 0.3 is 0 Å². The number of carbonyl (C=O) groups excluding carboxylic acids is 2. The zero-order chi connectivity index (χ0) is 24.5. The SMILES string of the molecule is Cc1ccc(C)c(/C(O)=C2\C(=O)C(=O)N(c3ccc(N4CCCCC4)cc3)C2c2ccccc2)c1. The number of piperidine rings is 1. The molecule has 35 heavy (non-hydrogen) atoms. The number of Topliss-reactive ketones (excluding diaryl/α,β-unsaturated/α-hetero) is 1. The van der Waals surface area contributed by atoms with Gasteiger partial charge in [0, 0.05) is 30.0 Å². The Kier molecular flexibility index (Phi) is 6.16. The van der Waals surface area contributed by atoms with Crippen LogP contribution in [0.1, 0.15) is 47.6 Å². The fraction of sp³-hybridized carbons (Fsp3) is 0.267. The third kappa shape index (κ3) is 4.23. The van der Waals surface area contributed by atoms with Gasteiger partial charge in [-0.25, -0.2) is 0 Å². The Balaban J connectivity index is 1.62. The first-order chi connectivity index (χ1) is 17.0. The Hall–Kier alpha value is -3.86. The lowest BCUT2D eigenvalue weighted by molar-refractivity contribution is -0.132. The second kappa shape index (κ2) is 9.41. The number of benzene rings is 3. The maximum atomic E-state index is 13.4. The molecule has 2 aliphatic rings. The summed E-state index contributed by atoms with van der Waals surface area (Å²) < 4.78 is 0. The fourth-order valence-corrected chi connectivity index (χ4v) is 5.16. The van der Waals surface area contributed by atoms with Crippen molar-refractivity contribution in [3.05, 3.63) is 101 Å². The van der Waals surface area contributed by atoms with Crippen molar-refractivity contribution in [2.24, 2.45) is 0 Å². The number of aliphatic hydroxyl groups is 1. The molecule has 0 radical (unpaired) electrons. The lowest BCUT2D eigenvalue weighted by Gasteiger charge is -2.30. The summed E-state index contributed by atoms with van der Waals surface area (Å²) >= 11 is 0. The molecule has 0 saturated carbocycles. The highest BCUT2D eigenvalue weighted by Crippen LogP contribution is 2.42. The monoisotopic (exact) mass is 466 g/mol. The average Bonchev–Trinajstić information content (AvgIpc) is 3.16. The molecule has 1 amide bonds. The van der Waals surface area contributed by atoms with Gasteiger partial charge in [-0.05, 0) is 74.6 Å². The predicted molar refractivity (Wildman–Crippen MR) is 140 cm³/mol. The van der Waals surface area contributed by atoms with Crippen LogP contribution in [0.15, 0.2) is 78.4 Å². The van der Waals surface area contributed by atoms with Gasteiger partial charge < -0.3 is 10.0 Å². The van der Waals surface area contributed by atoms with Crippen LogP contribution in [0.4, 0.5) is 11.4 Å². The molecule has 1 atom stereocenters. The maximum Gasteiger partial charge on any atom is 0.300 e. The largest absolute Gasteiger partial charge is 0.507 e. The number of carbonyl (C=O) groups is 2. The third-order valence-electron chi connectivity index (χ3n) is 7.06. The van der Waals surface area contributed by atoms with Crippen molar-refractivity contribution in [2.75, 3.05) is 22.9 Å². The Labute approximate surface area is 206 Å². The van der Waals surface area contributed by atoms with Crippen LogP contribution in [0.5, 0.6) is 0 Å². The topological polar surface area (TPSA) is 60.9 Å². The van der Waals surface area contributed by atoms with Crippen molar-refractivity contribution in [1.82, 2.24) is 0 Å². The van der Waals surface area contributed by atoms with Gasteiger partial charge in [-0.3, -0.25) is 14.5 Å². The molecule has 178 valence electrons. The molecular formula is C30H30N2O3. The molecule has 3 aromatic carbocycles. The van der Waals surface area contributed by atoms with E-state index >= 15 is 0 Å². The number of rotatable bonds is 4. The normalized spacial score (nSPS) is 19.9. The molecule has 2 saturated heterocycles. The second-order valence-corrected chi connectivity index (χ2v) is 9.46. The first kappa shape index (κ1) is 22.9. The van der Waals surface area contributed by atoms with Crippen LogP contribution in [-0.4, -0.2) is 29.9 Å². The molecule has 2 fully saturated rings. The highest BCUT2D eigenvalue weighted by molar-refractivity contribution is 6.51. The number of ketones is 1. The molecular weight excluding hydrogens is 436 g/mol. The maximum absolute atomic E-state index is 13.4. The van der Waals surface area contributed by atoms with Crippen molar-refractivity contribution in [1.29, 1.82) is 0 Å². The molecule has 5 nitrogen and oxygen atoms in total. The zero-order valence-electron chi connectivity index (χ0n) is 20.2. The van der Waals surface area contributed by atoms with Gasteiger partial charge in [0.25, 0.3) is 11.7 Å². The molecule has 5 rings (SSSR count). The van der Waals surface area contributed by atoms with Crippen LogP contribution in [-0.2, 0) is 9.59 Å². The molecule has 2 aliphatic heterocycles. The van der Waals surface area contributed by atoms with E-state index < -0.39 is 17.7 Å². The third-order valence-corrected chi connectivity index (χ3v) is 7.06. The Morgan fingerprint density at radius 3 is 2.17 bits per heavy atom. The zero-order valence-corrected chi connectivity index (χ0v) is 20.2. The van der Waals surface area contributed by atoms with E-state index in [2.05, 4.69) is 4.90 Å². The van der Waals surface area contributed by atoms with Crippen molar-refractivity contribution in [3.8, 4) is 0 Å². The van der Waals surface area contributed by atoms with E-state index in [0.29, 0.717) is 11.3 Å². The summed E-state index contributed by atoms with van der Waals surface area (Å²) in [6.07, 6.45) is 3.63. The number of hydrogen-bond donors (Lipinski definition) is 1. The minimum atomic E-state index is -0.711. The summed E-state index contributed by atoms with van der Waals surface area (Å²) in [5.41, 5.74) is 5.05. The van der Waals surface area contributed by atoms with Gasteiger partial charge in [0.2, 0.25) is 0 Å². The summed E-state index contributed by atoms with van der Waals surface area (Å²) in [7, 11) is 0. The first-order valence-corrected chi connectivity index (χ1v) is 12.2. The van der Waals surface area contributed by atoms with Crippen molar-refractivity contribution in [3.63, 3.8) is 0 Å². The van der Waals surface area contributed by atoms with E-state index in [1.165, 1.54) is 24.2 Å². The molecule has 1 unspecified atom stereocenters. The van der Waals surface area contributed by atoms with E-state index in [1.807, 2.05) is 86.6 Å². The minimum absolute atomic E-state index is 0.120. The molecule has 0 aromatic heterocycles. The molecule has 3 aromatic rings. The van der Waals surface area contributed by atoms with E-state index in [-0.39, 0.29) is 11.3 Å². The summed E-state index contributed by atoms with van der Waals surface area (Å²) in [5.74, 6) is -1.43. The Morgan fingerprint density at radius 2 is 1.49 bits per heavy atom. The minimum Gasteiger partial charge on any atom is -0.507 e. The average molecular weight is 467 g/mol. The van der Waals surface area contributed by atoms with Crippen molar-refractivity contribution in [2.45, 2.75) is 39.2 Å². The summed E-state index contributed by atoms with van der Waals surface area (Å²) in [5, 5.41) is 11.4. The van der Waals surface area contributed by atoms with E-state index in [0.717, 1.165) is 35.5 Å².